The Morgan fingerprint density at radius 2 is 1.94 bits per heavy atom. The largest absolute Gasteiger partial charge is 0.348 e. The Morgan fingerprint density at radius 3 is 2.38 bits per heavy atom. The molecular weight excluding hydrogens is 224 g/mol. The fraction of sp³-hybridized carbons (Fsp3) is 0.417. The van der Waals surface area contributed by atoms with Gasteiger partial charge >= 0.3 is 0 Å². The topological polar surface area (TPSA) is 55.1 Å². The molecular formula is C12H19ClN2O. The Labute approximate surface area is 103 Å². The number of hydrogen-bond donors (Lipinski definition) is 2. The average Bonchev–Trinajstić information content (AvgIpc) is 2.29. The number of nitrogens with one attached hydrogen (secondary N) is 1. The summed E-state index contributed by atoms with van der Waals surface area (Å²) < 4.78 is 0. The summed E-state index contributed by atoms with van der Waals surface area (Å²) in [5, 5.41) is 2.82. The zero-order valence-electron chi connectivity index (χ0n) is 9.69. The molecule has 0 radical (unpaired) electrons. The van der Waals surface area contributed by atoms with Crippen molar-refractivity contribution < 1.29 is 4.79 Å². The molecule has 1 amide bonds. The molecule has 0 fully saturated rings. The molecule has 0 heterocycles. The van der Waals surface area contributed by atoms with E-state index in [1.807, 2.05) is 31.2 Å². The van der Waals surface area contributed by atoms with Crippen molar-refractivity contribution in [2.45, 2.75) is 26.3 Å². The van der Waals surface area contributed by atoms with Crippen LogP contribution in [0.2, 0.25) is 0 Å². The van der Waals surface area contributed by atoms with Crippen LogP contribution in [0.3, 0.4) is 0 Å². The summed E-state index contributed by atoms with van der Waals surface area (Å²) in [5.74, 6) is -0.0596. The lowest BCUT2D eigenvalue weighted by molar-refractivity contribution is 0.0941. The zero-order valence-corrected chi connectivity index (χ0v) is 10.5. The number of carbonyl (C=O) groups excluding carboxylic acids is 1. The minimum absolute atomic E-state index is 0. The van der Waals surface area contributed by atoms with Crippen LogP contribution < -0.4 is 11.1 Å². The molecule has 0 unspecified atom stereocenters. The first-order chi connectivity index (χ1) is 7.17. The number of carbonyl (C=O) groups is 1. The highest BCUT2D eigenvalue weighted by atomic mass is 35.5. The van der Waals surface area contributed by atoms with E-state index in [9.17, 15) is 4.79 Å². The van der Waals surface area contributed by atoms with Crippen molar-refractivity contribution >= 4 is 18.3 Å². The average molecular weight is 243 g/mol. The first-order valence-corrected chi connectivity index (χ1v) is 5.27. The van der Waals surface area contributed by atoms with E-state index in [-0.39, 0.29) is 24.4 Å². The first kappa shape index (κ1) is 14.9. The van der Waals surface area contributed by atoms with Crippen LogP contribution in [0.1, 0.15) is 29.8 Å². The van der Waals surface area contributed by atoms with Crippen molar-refractivity contribution in [2.75, 3.05) is 6.54 Å². The number of nitrogens with two attached hydrogens (primary N) is 1. The van der Waals surface area contributed by atoms with E-state index in [0.29, 0.717) is 12.1 Å². The van der Waals surface area contributed by atoms with Crippen LogP contribution in [-0.2, 0) is 6.42 Å². The van der Waals surface area contributed by atoms with Crippen LogP contribution in [0.25, 0.3) is 0 Å². The lowest BCUT2D eigenvalue weighted by Crippen LogP contribution is -2.37. The highest BCUT2D eigenvalue weighted by molar-refractivity contribution is 5.94. The molecule has 1 rings (SSSR count). The van der Waals surface area contributed by atoms with Gasteiger partial charge in [-0.1, -0.05) is 19.1 Å². The van der Waals surface area contributed by atoms with Crippen molar-refractivity contribution in [3.8, 4) is 0 Å². The molecule has 0 saturated heterocycles. The summed E-state index contributed by atoms with van der Waals surface area (Å²) >= 11 is 0. The van der Waals surface area contributed by atoms with Crippen LogP contribution in [0.4, 0.5) is 0 Å². The maximum absolute atomic E-state index is 11.6. The Hall–Kier alpha value is -1.06. The van der Waals surface area contributed by atoms with Crippen molar-refractivity contribution in [3.05, 3.63) is 35.4 Å². The van der Waals surface area contributed by atoms with Gasteiger partial charge in [0.1, 0.15) is 0 Å². The molecule has 1 atom stereocenters. The SMILES string of the molecule is CCc1ccc(C(=O)N[C@@H](C)CN)cc1.Cl. The summed E-state index contributed by atoms with van der Waals surface area (Å²) in [6.07, 6.45) is 0.987. The number of amides is 1. The van der Waals surface area contributed by atoms with Gasteiger partial charge in [0.2, 0.25) is 0 Å². The quantitative estimate of drug-likeness (QED) is 0.845. The molecule has 3 N–H and O–H groups in total. The lowest BCUT2D eigenvalue weighted by atomic mass is 10.1. The molecule has 0 aliphatic rings. The molecule has 0 aromatic heterocycles. The fourth-order valence-corrected chi connectivity index (χ4v) is 1.26. The second-order valence-corrected chi connectivity index (χ2v) is 3.66. The second kappa shape index (κ2) is 7.25. The molecule has 0 aliphatic carbocycles. The smallest absolute Gasteiger partial charge is 0.251 e. The molecule has 0 spiro atoms. The van der Waals surface area contributed by atoms with E-state index < -0.39 is 0 Å². The zero-order chi connectivity index (χ0) is 11.3. The van der Waals surface area contributed by atoms with Crippen molar-refractivity contribution in [3.63, 3.8) is 0 Å². The molecule has 16 heavy (non-hydrogen) atoms. The molecule has 90 valence electrons. The van der Waals surface area contributed by atoms with Gasteiger partial charge in [-0.25, -0.2) is 0 Å². The molecule has 0 bridgehead atoms. The standard InChI is InChI=1S/C12H18N2O.ClH/c1-3-10-4-6-11(7-5-10)12(15)14-9(2)8-13;/h4-7,9H,3,8,13H2,1-2H3,(H,14,15);1H/t9-;/m0./s1. The first-order valence-electron chi connectivity index (χ1n) is 5.27. The van der Waals surface area contributed by atoms with Crippen LogP contribution >= 0.6 is 12.4 Å². The van der Waals surface area contributed by atoms with Crippen LogP contribution in [0.5, 0.6) is 0 Å². The summed E-state index contributed by atoms with van der Waals surface area (Å²) in [6.45, 7) is 4.43. The Bertz CT molecular complexity index is 324. The third-order valence-electron chi connectivity index (χ3n) is 2.36. The summed E-state index contributed by atoms with van der Waals surface area (Å²) in [5.41, 5.74) is 7.35. The van der Waals surface area contributed by atoms with Gasteiger partial charge in [0, 0.05) is 18.2 Å². The van der Waals surface area contributed by atoms with Gasteiger partial charge < -0.3 is 11.1 Å². The number of halogens is 1. The highest BCUT2D eigenvalue weighted by Gasteiger charge is 2.07. The highest BCUT2D eigenvalue weighted by Crippen LogP contribution is 2.05. The predicted octanol–water partition coefficient (Wildman–Crippen LogP) is 1.75. The van der Waals surface area contributed by atoms with Crippen LogP contribution in [-0.4, -0.2) is 18.5 Å². The van der Waals surface area contributed by atoms with E-state index in [0.717, 1.165) is 6.42 Å². The number of benzene rings is 1. The van der Waals surface area contributed by atoms with Crippen molar-refractivity contribution in [1.29, 1.82) is 0 Å². The summed E-state index contributed by atoms with van der Waals surface area (Å²) in [7, 11) is 0. The minimum atomic E-state index is -0.0596. The number of rotatable bonds is 4. The van der Waals surface area contributed by atoms with E-state index in [2.05, 4.69) is 12.2 Å². The lowest BCUT2D eigenvalue weighted by Gasteiger charge is -2.11. The Kier molecular flexibility index (Phi) is 6.77. The Balaban J connectivity index is 0.00000225. The number of aryl methyl sites for hydroxylation is 1. The van der Waals surface area contributed by atoms with Gasteiger partial charge in [-0.05, 0) is 31.0 Å². The minimum Gasteiger partial charge on any atom is -0.348 e. The molecule has 1 aromatic carbocycles. The molecule has 1 aromatic rings. The maximum atomic E-state index is 11.6. The normalized spacial score (nSPS) is 11.4. The van der Waals surface area contributed by atoms with Crippen molar-refractivity contribution in [1.82, 2.24) is 5.32 Å². The summed E-state index contributed by atoms with van der Waals surface area (Å²) in [6, 6.07) is 7.65. The van der Waals surface area contributed by atoms with E-state index in [1.165, 1.54) is 5.56 Å². The number of hydrogen-bond acceptors (Lipinski definition) is 2. The van der Waals surface area contributed by atoms with E-state index >= 15 is 0 Å². The van der Waals surface area contributed by atoms with Gasteiger partial charge in [-0.3, -0.25) is 4.79 Å². The van der Waals surface area contributed by atoms with Gasteiger partial charge in [-0.2, -0.15) is 0 Å². The third-order valence-corrected chi connectivity index (χ3v) is 2.36. The molecule has 0 aliphatic heterocycles. The maximum Gasteiger partial charge on any atom is 0.251 e. The van der Waals surface area contributed by atoms with Gasteiger partial charge in [-0.15, -0.1) is 12.4 Å². The van der Waals surface area contributed by atoms with Crippen LogP contribution in [0.15, 0.2) is 24.3 Å². The van der Waals surface area contributed by atoms with E-state index in [4.69, 9.17) is 5.73 Å². The van der Waals surface area contributed by atoms with Gasteiger partial charge in [0.05, 0.1) is 0 Å². The van der Waals surface area contributed by atoms with Crippen molar-refractivity contribution in [2.24, 2.45) is 5.73 Å². The third kappa shape index (κ3) is 4.21. The fourth-order valence-electron chi connectivity index (χ4n) is 1.26. The van der Waals surface area contributed by atoms with Gasteiger partial charge in [0.25, 0.3) is 5.91 Å². The van der Waals surface area contributed by atoms with Gasteiger partial charge in [0.15, 0.2) is 0 Å². The molecule has 0 saturated carbocycles. The Morgan fingerprint density at radius 1 is 1.38 bits per heavy atom. The molecule has 4 heteroatoms. The predicted molar refractivity (Wildman–Crippen MR) is 69.1 cm³/mol. The second-order valence-electron chi connectivity index (χ2n) is 3.66. The molecule has 3 nitrogen and oxygen atoms in total. The summed E-state index contributed by atoms with van der Waals surface area (Å²) in [4.78, 5) is 11.6. The monoisotopic (exact) mass is 242 g/mol. The van der Waals surface area contributed by atoms with E-state index in [1.54, 1.807) is 0 Å². The van der Waals surface area contributed by atoms with Crippen LogP contribution in [0, 0.1) is 0 Å².